The molecule has 0 aliphatic carbocycles. The first-order valence-electron chi connectivity index (χ1n) is 13.1. The molecule has 3 aromatic carbocycles. The van der Waals surface area contributed by atoms with Gasteiger partial charge in [0.2, 0.25) is 11.8 Å². The Balaban J connectivity index is 2.02. The number of hydrogen-bond acceptors (Lipinski definition) is 5. The molecule has 0 bridgehead atoms. The summed E-state index contributed by atoms with van der Waals surface area (Å²) in [5.41, 5.74) is 2.12. The lowest BCUT2D eigenvalue weighted by molar-refractivity contribution is -0.140. The summed E-state index contributed by atoms with van der Waals surface area (Å²) in [4.78, 5) is 28.7. The van der Waals surface area contributed by atoms with Gasteiger partial charge in [-0.1, -0.05) is 61.9 Å². The van der Waals surface area contributed by atoms with Crippen LogP contribution in [0.1, 0.15) is 37.8 Å². The van der Waals surface area contributed by atoms with Crippen molar-refractivity contribution in [3.8, 4) is 5.75 Å². The third kappa shape index (κ3) is 7.60. The number of nitrogens with zero attached hydrogens (tertiary/aromatic N) is 2. The molecule has 0 heterocycles. The Bertz CT molecular complexity index is 1330. The molecule has 0 radical (unpaired) electrons. The van der Waals surface area contributed by atoms with Crippen LogP contribution in [0.15, 0.2) is 83.8 Å². The largest absolute Gasteiger partial charge is 0.497 e. The van der Waals surface area contributed by atoms with Gasteiger partial charge in [-0.15, -0.1) is 0 Å². The minimum atomic E-state index is -4.08. The summed E-state index contributed by atoms with van der Waals surface area (Å²) in [6, 6.07) is 21.4. The molecule has 1 unspecified atom stereocenters. The van der Waals surface area contributed by atoms with Crippen LogP contribution in [0.25, 0.3) is 0 Å². The van der Waals surface area contributed by atoms with Gasteiger partial charge in [-0.05, 0) is 61.7 Å². The SMILES string of the molecule is CCCNC(=O)C(CC)N(Cc1ccc(OC)cc1)C(=O)CN(c1ccc(C)cc1)S(=O)(=O)c1ccccc1. The average Bonchev–Trinajstić information content (AvgIpc) is 2.95. The van der Waals surface area contributed by atoms with E-state index in [0.717, 1.165) is 21.9 Å². The van der Waals surface area contributed by atoms with Crippen molar-refractivity contribution in [3.63, 3.8) is 0 Å². The number of carbonyl (C=O) groups excluding carboxylic acids is 2. The van der Waals surface area contributed by atoms with E-state index in [1.807, 2.05) is 32.9 Å². The van der Waals surface area contributed by atoms with E-state index in [0.29, 0.717) is 24.4 Å². The number of carbonyl (C=O) groups is 2. The van der Waals surface area contributed by atoms with Crippen LogP contribution in [0.4, 0.5) is 5.69 Å². The molecule has 0 aromatic heterocycles. The Morgan fingerprint density at radius 3 is 2.13 bits per heavy atom. The summed E-state index contributed by atoms with van der Waals surface area (Å²) >= 11 is 0. The van der Waals surface area contributed by atoms with Gasteiger partial charge in [0.15, 0.2) is 0 Å². The molecule has 3 rings (SSSR count). The van der Waals surface area contributed by atoms with Crippen LogP contribution in [0.2, 0.25) is 0 Å². The van der Waals surface area contributed by atoms with Gasteiger partial charge >= 0.3 is 0 Å². The third-order valence-electron chi connectivity index (χ3n) is 6.38. The van der Waals surface area contributed by atoms with E-state index >= 15 is 0 Å². The second kappa shape index (κ2) is 13.8. The van der Waals surface area contributed by atoms with Crippen molar-refractivity contribution in [1.82, 2.24) is 10.2 Å². The second-order valence-electron chi connectivity index (χ2n) is 9.25. The van der Waals surface area contributed by atoms with Crippen LogP contribution in [-0.4, -0.2) is 51.4 Å². The van der Waals surface area contributed by atoms with E-state index in [4.69, 9.17) is 4.74 Å². The van der Waals surface area contributed by atoms with Gasteiger partial charge in [0.05, 0.1) is 17.7 Å². The molecule has 0 saturated heterocycles. The van der Waals surface area contributed by atoms with Crippen molar-refractivity contribution in [2.75, 3.05) is 24.5 Å². The first-order valence-corrected chi connectivity index (χ1v) is 14.5. The highest BCUT2D eigenvalue weighted by Gasteiger charge is 2.33. The maximum atomic E-state index is 14.0. The topological polar surface area (TPSA) is 96.0 Å². The molecule has 0 spiro atoms. The summed E-state index contributed by atoms with van der Waals surface area (Å²) in [6.45, 7) is 5.85. The van der Waals surface area contributed by atoms with E-state index in [2.05, 4.69) is 5.32 Å². The first-order chi connectivity index (χ1) is 18.7. The molecule has 0 fully saturated rings. The molecule has 39 heavy (non-hydrogen) atoms. The number of amides is 2. The van der Waals surface area contributed by atoms with E-state index in [1.165, 1.54) is 17.0 Å². The number of rotatable bonds is 13. The fraction of sp³-hybridized carbons (Fsp3) is 0.333. The summed E-state index contributed by atoms with van der Waals surface area (Å²) in [7, 11) is -2.50. The zero-order valence-electron chi connectivity index (χ0n) is 23.0. The molecule has 8 nitrogen and oxygen atoms in total. The number of benzene rings is 3. The van der Waals surface area contributed by atoms with Crippen molar-refractivity contribution in [2.45, 2.75) is 51.1 Å². The van der Waals surface area contributed by atoms with Gasteiger partial charge in [-0.25, -0.2) is 8.42 Å². The van der Waals surface area contributed by atoms with E-state index < -0.39 is 28.5 Å². The smallest absolute Gasteiger partial charge is 0.264 e. The standard InChI is InChI=1S/C30H37N3O5S/c1-5-20-31-30(35)28(6-2)32(21-24-14-18-26(38-4)19-15-24)29(34)22-33(25-16-12-23(3)13-17-25)39(36,37)27-10-8-7-9-11-27/h7-19,28H,5-6,20-22H2,1-4H3,(H,31,35). The quantitative estimate of drug-likeness (QED) is 0.337. The monoisotopic (exact) mass is 551 g/mol. The van der Waals surface area contributed by atoms with Crippen molar-refractivity contribution >= 4 is 27.5 Å². The average molecular weight is 552 g/mol. The Hall–Kier alpha value is -3.85. The Morgan fingerprint density at radius 1 is 0.923 bits per heavy atom. The highest BCUT2D eigenvalue weighted by Crippen LogP contribution is 2.25. The predicted octanol–water partition coefficient (Wildman–Crippen LogP) is 4.53. The number of sulfonamides is 1. The molecule has 9 heteroatoms. The number of nitrogens with one attached hydrogen (secondary N) is 1. The summed E-state index contributed by atoms with van der Waals surface area (Å²) in [6.07, 6.45) is 1.12. The Kier molecular flexibility index (Phi) is 10.5. The van der Waals surface area contributed by atoms with Crippen LogP contribution in [0, 0.1) is 6.92 Å². The van der Waals surface area contributed by atoms with Gasteiger partial charge in [0.1, 0.15) is 18.3 Å². The lowest BCUT2D eigenvalue weighted by Gasteiger charge is -2.33. The summed E-state index contributed by atoms with van der Waals surface area (Å²) in [5.74, 6) is -0.0812. The highest BCUT2D eigenvalue weighted by atomic mass is 32.2. The fourth-order valence-electron chi connectivity index (χ4n) is 4.17. The van der Waals surface area contributed by atoms with Crippen molar-refractivity contribution in [1.29, 1.82) is 0 Å². The van der Waals surface area contributed by atoms with Crippen LogP contribution < -0.4 is 14.4 Å². The fourth-order valence-corrected chi connectivity index (χ4v) is 5.61. The number of aryl methyl sites for hydroxylation is 1. The normalized spacial score (nSPS) is 11.9. The minimum Gasteiger partial charge on any atom is -0.497 e. The van der Waals surface area contributed by atoms with Crippen LogP contribution in [0.5, 0.6) is 5.75 Å². The maximum absolute atomic E-state index is 14.0. The van der Waals surface area contributed by atoms with Crippen molar-refractivity contribution in [3.05, 3.63) is 90.0 Å². The molecule has 2 amide bonds. The second-order valence-corrected chi connectivity index (χ2v) is 11.1. The van der Waals surface area contributed by atoms with Crippen molar-refractivity contribution < 1.29 is 22.7 Å². The molecule has 1 atom stereocenters. The maximum Gasteiger partial charge on any atom is 0.264 e. The van der Waals surface area contributed by atoms with Gasteiger partial charge in [-0.3, -0.25) is 13.9 Å². The van der Waals surface area contributed by atoms with Crippen LogP contribution in [0.3, 0.4) is 0 Å². The highest BCUT2D eigenvalue weighted by molar-refractivity contribution is 7.92. The van der Waals surface area contributed by atoms with Crippen LogP contribution >= 0.6 is 0 Å². The lowest BCUT2D eigenvalue weighted by atomic mass is 10.1. The summed E-state index contributed by atoms with van der Waals surface area (Å²) in [5, 5.41) is 2.89. The minimum absolute atomic E-state index is 0.0767. The number of hydrogen-bond donors (Lipinski definition) is 1. The third-order valence-corrected chi connectivity index (χ3v) is 8.17. The van der Waals surface area contributed by atoms with E-state index in [1.54, 1.807) is 61.7 Å². The molecule has 0 aliphatic rings. The molecule has 0 saturated carbocycles. The Morgan fingerprint density at radius 2 is 1.56 bits per heavy atom. The first kappa shape index (κ1) is 29.7. The predicted molar refractivity (Wildman–Crippen MR) is 153 cm³/mol. The zero-order chi connectivity index (χ0) is 28.4. The number of ether oxygens (including phenoxy) is 1. The zero-order valence-corrected chi connectivity index (χ0v) is 23.8. The molecule has 3 aromatic rings. The van der Waals surface area contributed by atoms with Crippen LogP contribution in [-0.2, 0) is 26.2 Å². The molecule has 1 N–H and O–H groups in total. The van der Waals surface area contributed by atoms with Gasteiger partial charge in [0, 0.05) is 13.1 Å². The molecule has 208 valence electrons. The molecule has 0 aliphatic heterocycles. The summed E-state index contributed by atoms with van der Waals surface area (Å²) < 4.78 is 33.9. The molecular weight excluding hydrogens is 514 g/mol. The molecular formula is C30H37N3O5S. The lowest BCUT2D eigenvalue weighted by Crippen LogP contribution is -2.52. The number of methoxy groups -OCH3 is 1. The van der Waals surface area contributed by atoms with Gasteiger partial charge in [0.25, 0.3) is 10.0 Å². The van der Waals surface area contributed by atoms with E-state index in [-0.39, 0.29) is 17.3 Å². The van der Waals surface area contributed by atoms with Crippen molar-refractivity contribution in [2.24, 2.45) is 0 Å². The Labute approximate surface area is 231 Å². The number of anilines is 1. The van der Waals surface area contributed by atoms with Gasteiger partial charge < -0.3 is 15.0 Å². The van der Waals surface area contributed by atoms with Gasteiger partial charge in [-0.2, -0.15) is 0 Å². The van der Waals surface area contributed by atoms with E-state index in [9.17, 15) is 18.0 Å².